The van der Waals surface area contributed by atoms with Crippen molar-refractivity contribution in [3.8, 4) is 11.8 Å². The van der Waals surface area contributed by atoms with Crippen LogP contribution in [0, 0.1) is 17.7 Å². The van der Waals surface area contributed by atoms with E-state index in [-0.39, 0.29) is 48.8 Å². The summed E-state index contributed by atoms with van der Waals surface area (Å²) in [4.78, 5) is 27.9. The maximum absolute atomic E-state index is 13.3. The zero-order valence-corrected chi connectivity index (χ0v) is 16.7. The van der Waals surface area contributed by atoms with Crippen LogP contribution in [0.2, 0.25) is 0 Å². The molecule has 1 N–H and O–H groups in total. The first kappa shape index (κ1) is 20.1. The average Bonchev–Trinajstić information content (AvgIpc) is 2.74. The molecule has 2 aromatic rings. The van der Waals surface area contributed by atoms with Gasteiger partial charge in [0.2, 0.25) is 11.8 Å². The molecule has 2 aromatic carbocycles. The number of hydrogen-bond acceptors (Lipinski definition) is 3. The minimum Gasteiger partial charge on any atom is -0.394 e. The van der Waals surface area contributed by atoms with Crippen molar-refractivity contribution < 1.29 is 19.1 Å². The molecule has 3 atom stereocenters. The van der Waals surface area contributed by atoms with Gasteiger partial charge in [0.15, 0.2) is 0 Å². The van der Waals surface area contributed by atoms with E-state index in [0.29, 0.717) is 18.5 Å². The predicted octanol–water partition coefficient (Wildman–Crippen LogP) is 2.13. The van der Waals surface area contributed by atoms with Crippen molar-refractivity contribution in [3.63, 3.8) is 0 Å². The molecule has 30 heavy (non-hydrogen) atoms. The molecule has 4 rings (SSSR count). The van der Waals surface area contributed by atoms with Gasteiger partial charge in [0, 0.05) is 30.0 Å². The van der Waals surface area contributed by atoms with E-state index < -0.39 is 0 Å². The van der Waals surface area contributed by atoms with E-state index in [1.165, 1.54) is 12.1 Å². The quantitative estimate of drug-likeness (QED) is 0.795. The highest BCUT2D eigenvalue weighted by Crippen LogP contribution is 2.42. The predicted molar refractivity (Wildman–Crippen MR) is 110 cm³/mol. The average molecular weight is 406 g/mol. The number of carbonyl (C=O) groups excluding carboxylic acids is 2. The van der Waals surface area contributed by atoms with E-state index in [4.69, 9.17) is 0 Å². The number of fused-ring (bicyclic) bond motifs is 1. The molecule has 0 unspecified atom stereocenters. The lowest BCUT2D eigenvalue weighted by molar-refractivity contribution is -0.166. The summed E-state index contributed by atoms with van der Waals surface area (Å²) in [7, 11) is 0. The second-order valence-electron chi connectivity index (χ2n) is 7.65. The normalized spacial score (nSPS) is 22.6. The van der Waals surface area contributed by atoms with E-state index in [2.05, 4.69) is 11.8 Å². The number of aliphatic hydroxyl groups excluding tert-OH is 1. The highest BCUT2D eigenvalue weighted by Gasteiger charge is 2.54. The van der Waals surface area contributed by atoms with Crippen LogP contribution in [0.25, 0.3) is 0 Å². The molecule has 2 aliphatic rings. The van der Waals surface area contributed by atoms with Gasteiger partial charge in [0.05, 0.1) is 25.2 Å². The third kappa shape index (κ3) is 3.69. The topological polar surface area (TPSA) is 60.9 Å². The summed E-state index contributed by atoms with van der Waals surface area (Å²) in [5.74, 6) is 5.48. The molecular weight excluding hydrogens is 383 g/mol. The second-order valence-corrected chi connectivity index (χ2v) is 7.65. The highest BCUT2D eigenvalue weighted by molar-refractivity contribution is 5.87. The summed E-state index contributed by atoms with van der Waals surface area (Å²) in [6.07, 6.45) is 0.368. The van der Waals surface area contributed by atoms with Crippen molar-refractivity contribution >= 4 is 11.8 Å². The molecule has 2 fully saturated rings. The number of piperazine rings is 1. The van der Waals surface area contributed by atoms with Crippen molar-refractivity contribution in [2.75, 3.05) is 19.7 Å². The summed E-state index contributed by atoms with van der Waals surface area (Å²) < 4.78 is 13.3. The fourth-order valence-electron chi connectivity index (χ4n) is 4.41. The summed E-state index contributed by atoms with van der Waals surface area (Å²) in [5.41, 5.74) is 2.41. The van der Waals surface area contributed by atoms with Crippen LogP contribution in [0.1, 0.15) is 36.0 Å². The van der Waals surface area contributed by atoms with Gasteiger partial charge in [-0.15, -0.1) is 0 Å². The smallest absolute Gasteiger partial charge is 0.242 e. The lowest BCUT2D eigenvalue weighted by atomic mass is 9.73. The first-order valence-corrected chi connectivity index (χ1v) is 10.1. The van der Waals surface area contributed by atoms with Gasteiger partial charge < -0.3 is 14.9 Å². The fraction of sp³-hybridized carbons (Fsp3) is 0.333. The van der Waals surface area contributed by atoms with Crippen molar-refractivity contribution in [1.29, 1.82) is 0 Å². The number of hydrogen-bond donors (Lipinski definition) is 1. The molecule has 5 nitrogen and oxygen atoms in total. The molecule has 0 bridgehead atoms. The second kappa shape index (κ2) is 8.29. The monoisotopic (exact) mass is 406 g/mol. The van der Waals surface area contributed by atoms with Crippen LogP contribution in [0.4, 0.5) is 4.39 Å². The summed E-state index contributed by atoms with van der Waals surface area (Å²) in [6, 6.07) is 13.4. The molecule has 0 aromatic heterocycles. The van der Waals surface area contributed by atoms with Crippen LogP contribution in [0.5, 0.6) is 0 Å². The van der Waals surface area contributed by atoms with Crippen LogP contribution in [-0.2, 0) is 9.59 Å². The van der Waals surface area contributed by atoms with Gasteiger partial charge in [-0.1, -0.05) is 37.0 Å². The molecule has 2 heterocycles. The summed E-state index contributed by atoms with van der Waals surface area (Å²) >= 11 is 0. The largest absolute Gasteiger partial charge is 0.394 e. The first-order chi connectivity index (χ1) is 14.5. The Morgan fingerprint density at radius 2 is 1.90 bits per heavy atom. The summed E-state index contributed by atoms with van der Waals surface area (Å²) in [6.45, 7) is 2.25. The zero-order chi connectivity index (χ0) is 21.3. The molecule has 2 aliphatic heterocycles. The minimum absolute atomic E-state index is 0.0304. The number of halogens is 1. The molecule has 0 aliphatic carbocycles. The third-order valence-electron chi connectivity index (χ3n) is 5.88. The number of amides is 2. The van der Waals surface area contributed by atoms with E-state index in [9.17, 15) is 19.1 Å². The Labute approximate surface area is 175 Å². The molecule has 2 amide bonds. The number of benzene rings is 2. The number of rotatable bonds is 3. The van der Waals surface area contributed by atoms with Crippen LogP contribution in [0.15, 0.2) is 48.5 Å². The van der Waals surface area contributed by atoms with Gasteiger partial charge >= 0.3 is 0 Å². The molecular formula is C24H23FN2O3. The SMILES string of the molecule is CCC(=O)N1CC(=O)N2[C@H](C1)[C@H](c1ccc(C#Cc3cccc(F)c3)cc1)[C@@H]2CO. The Bertz CT molecular complexity index is 1020. The molecule has 0 spiro atoms. The minimum atomic E-state index is -0.320. The van der Waals surface area contributed by atoms with Crippen LogP contribution in [0.3, 0.4) is 0 Å². The number of aliphatic hydroxyl groups is 1. The van der Waals surface area contributed by atoms with Crippen LogP contribution in [-0.4, -0.2) is 58.5 Å². The lowest BCUT2D eigenvalue weighted by Gasteiger charge is -2.58. The van der Waals surface area contributed by atoms with Crippen molar-refractivity contribution in [3.05, 3.63) is 71.0 Å². The van der Waals surface area contributed by atoms with Gasteiger partial charge in [0.25, 0.3) is 0 Å². The molecule has 0 saturated carbocycles. The standard InChI is InChI=1S/C24H23FN2O3/c1-2-22(29)26-13-20-24(21(15-28)27(20)23(30)14-26)18-10-8-16(9-11-18)6-7-17-4-3-5-19(25)12-17/h3-5,8-12,20-21,24,28H,2,13-15H2,1H3/t20-,21+,24+/m1/s1. The van der Waals surface area contributed by atoms with Gasteiger partial charge in [-0.2, -0.15) is 0 Å². The molecule has 6 heteroatoms. The number of nitrogens with zero attached hydrogens (tertiary/aromatic N) is 2. The Hall–Kier alpha value is -3.17. The molecule has 2 saturated heterocycles. The Morgan fingerprint density at radius 1 is 1.17 bits per heavy atom. The maximum atomic E-state index is 13.3. The van der Waals surface area contributed by atoms with Crippen molar-refractivity contribution in [1.82, 2.24) is 9.80 Å². The molecule has 154 valence electrons. The van der Waals surface area contributed by atoms with E-state index >= 15 is 0 Å². The van der Waals surface area contributed by atoms with Gasteiger partial charge in [-0.25, -0.2) is 4.39 Å². The van der Waals surface area contributed by atoms with Gasteiger partial charge in [-0.05, 0) is 35.9 Å². The summed E-state index contributed by atoms with van der Waals surface area (Å²) in [5, 5.41) is 9.86. The van der Waals surface area contributed by atoms with Crippen molar-refractivity contribution in [2.45, 2.75) is 31.3 Å². The zero-order valence-electron chi connectivity index (χ0n) is 16.7. The fourth-order valence-corrected chi connectivity index (χ4v) is 4.41. The van der Waals surface area contributed by atoms with E-state index in [0.717, 1.165) is 11.1 Å². The Balaban J connectivity index is 1.53. The van der Waals surface area contributed by atoms with Crippen LogP contribution >= 0.6 is 0 Å². The highest BCUT2D eigenvalue weighted by atomic mass is 19.1. The van der Waals surface area contributed by atoms with Gasteiger partial charge in [0.1, 0.15) is 5.82 Å². The van der Waals surface area contributed by atoms with Gasteiger partial charge in [-0.3, -0.25) is 9.59 Å². The lowest BCUT2D eigenvalue weighted by Crippen LogP contribution is -2.73. The van der Waals surface area contributed by atoms with Crippen molar-refractivity contribution in [2.24, 2.45) is 0 Å². The first-order valence-electron chi connectivity index (χ1n) is 10.1. The maximum Gasteiger partial charge on any atom is 0.242 e. The van der Waals surface area contributed by atoms with E-state index in [1.807, 2.05) is 24.3 Å². The molecule has 0 radical (unpaired) electrons. The third-order valence-corrected chi connectivity index (χ3v) is 5.88. The number of carbonyl (C=O) groups is 2. The van der Waals surface area contributed by atoms with E-state index in [1.54, 1.807) is 28.9 Å². The van der Waals surface area contributed by atoms with Crippen LogP contribution < -0.4 is 0 Å². The Kier molecular flexibility index (Phi) is 5.56. The Morgan fingerprint density at radius 3 is 2.57 bits per heavy atom.